The third-order valence-corrected chi connectivity index (χ3v) is 10.7. The second-order valence-electron chi connectivity index (χ2n) is 13.4. The Morgan fingerprint density at radius 1 is 0.574 bits per heavy atom. The number of aliphatic hydroxyl groups excluding tert-OH is 2. The Morgan fingerprint density at radius 3 is 1.26 bits per heavy atom. The number of amides is 2. The number of benzene rings is 4. The Balaban J connectivity index is 0.000000208. The molecule has 0 aromatic heterocycles. The molecule has 0 radical (unpaired) electrons. The fourth-order valence-electron chi connectivity index (χ4n) is 7.34. The lowest BCUT2D eigenvalue weighted by Crippen LogP contribution is -2.52. The zero-order valence-electron chi connectivity index (χ0n) is 30.3. The molecule has 2 saturated heterocycles. The third kappa shape index (κ3) is 10.2. The Labute approximate surface area is 337 Å². The van der Waals surface area contributed by atoms with Crippen LogP contribution in [0.15, 0.2) is 97.1 Å². The molecule has 2 aliphatic rings. The molecule has 2 heterocycles. The molecule has 6 atom stereocenters. The van der Waals surface area contributed by atoms with Crippen molar-refractivity contribution in [3.05, 3.63) is 139 Å². The molecule has 6 rings (SSSR count). The van der Waals surface area contributed by atoms with Gasteiger partial charge >= 0.3 is 0 Å². The van der Waals surface area contributed by atoms with Gasteiger partial charge in [-0.2, -0.15) is 0 Å². The van der Waals surface area contributed by atoms with Crippen molar-refractivity contribution in [3.8, 4) is 0 Å². The number of nitrogens with zero attached hydrogens (tertiary/aromatic N) is 2. The van der Waals surface area contributed by atoms with Crippen molar-refractivity contribution in [2.45, 2.75) is 75.9 Å². The van der Waals surface area contributed by atoms with Crippen LogP contribution in [-0.2, 0) is 19.1 Å². The minimum Gasteiger partial charge on any atom is -0.394 e. The van der Waals surface area contributed by atoms with Gasteiger partial charge in [0, 0.05) is 20.1 Å². The summed E-state index contributed by atoms with van der Waals surface area (Å²) in [5.41, 5.74) is 3.61. The minimum absolute atomic E-state index is 0.0263. The highest BCUT2D eigenvalue weighted by atomic mass is 35.5. The van der Waals surface area contributed by atoms with E-state index in [1.54, 1.807) is 34.1 Å². The molecule has 0 aliphatic carbocycles. The van der Waals surface area contributed by atoms with E-state index < -0.39 is 0 Å². The molecule has 4 aromatic carbocycles. The van der Waals surface area contributed by atoms with Crippen LogP contribution < -0.4 is 0 Å². The van der Waals surface area contributed by atoms with Gasteiger partial charge in [-0.25, -0.2) is 0 Å². The molecule has 8 nitrogen and oxygen atoms in total. The average molecular weight is 817 g/mol. The first-order valence-electron chi connectivity index (χ1n) is 18.2. The second-order valence-corrected chi connectivity index (χ2v) is 15.2. The van der Waals surface area contributed by atoms with Crippen molar-refractivity contribution in [3.63, 3.8) is 0 Å². The molecule has 2 fully saturated rings. The topological polar surface area (TPSA) is 99.5 Å². The fourth-order valence-corrected chi connectivity index (χ4v) is 7.98. The summed E-state index contributed by atoms with van der Waals surface area (Å²) in [5.74, 6) is -0.249. The number of carbonyl (C=O) groups excluding carboxylic acids is 2. The van der Waals surface area contributed by atoms with Gasteiger partial charge in [0.05, 0.1) is 37.4 Å². The van der Waals surface area contributed by atoms with Crippen LogP contribution in [0.25, 0.3) is 0 Å². The molecular formula is C42H46Cl4N2O6. The fraction of sp³-hybridized carbons (Fsp3) is 0.381. The van der Waals surface area contributed by atoms with E-state index in [1.807, 2.05) is 86.6 Å². The standard InChI is InChI=1S/2C21H23Cl2NO3/c2*1-2-4-18(12-25)24-19(26)13-27-21(15-5-3-6-17(23)11-15)20(24)14-7-9-16(22)10-8-14/h2*3,5-11,18,20-21,25H,2,4,12-13H2,1H3/t18-,20?,21+;18-,20?,21-/m01/s1. The summed E-state index contributed by atoms with van der Waals surface area (Å²) >= 11 is 24.5. The van der Waals surface area contributed by atoms with Gasteiger partial charge in [-0.05, 0) is 83.6 Å². The summed E-state index contributed by atoms with van der Waals surface area (Å²) in [6.07, 6.45) is 2.40. The van der Waals surface area contributed by atoms with Crippen molar-refractivity contribution in [2.24, 2.45) is 0 Å². The van der Waals surface area contributed by atoms with E-state index in [1.165, 1.54) is 0 Å². The molecule has 0 bridgehead atoms. The first-order valence-corrected chi connectivity index (χ1v) is 19.7. The predicted octanol–water partition coefficient (Wildman–Crippen LogP) is 9.59. The lowest BCUT2D eigenvalue weighted by Gasteiger charge is -2.45. The molecule has 0 saturated carbocycles. The molecule has 2 unspecified atom stereocenters. The van der Waals surface area contributed by atoms with E-state index in [0.717, 1.165) is 35.1 Å². The second kappa shape index (κ2) is 20.1. The molecule has 4 aromatic rings. The van der Waals surface area contributed by atoms with Crippen LogP contribution in [0.3, 0.4) is 0 Å². The summed E-state index contributed by atoms with van der Waals surface area (Å²) in [6, 6.07) is 28.5. The molecule has 2 aliphatic heterocycles. The maximum absolute atomic E-state index is 12.8. The van der Waals surface area contributed by atoms with Crippen LogP contribution >= 0.6 is 46.4 Å². The SMILES string of the molecule is CCC[C@@H](CO)N1C(=O)CO[C@H](c2cccc(Cl)c2)C1c1ccc(Cl)cc1.CCC[C@H](CO)N1C(=O)CO[C@H](c2cccc(Cl)c2)C1c1ccc(Cl)cc1. The highest BCUT2D eigenvalue weighted by Crippen LogP contribution is 2.44. The van der Waals surface area contributed by atoms with Crippen molar-refractivity contribution >= 4 is 58.2 Å². The number of aliphatic hydroxyl groups is 2. The number of ether oxygens (including phenoxy) is 2. The van der Waals surface area contributed by atoms with Crippen LogP contribution in [0.1, 0.15) is 86.1 Å². The van der Waals surface area contributed by atoms with Gasteiger partial charge in [-0.15, -0.1) is 0 Å². The summed E-state index contributed by atoms with van der Waals surface area (Å²) in [6.45, 7) is 3.85. The van der Waals surface area contributed by atoms with Gasteiger partial charge in [-0.1, -0.05) is 122 Å². The first kappa shape index (κ1) is 42.0. The summed E-state index contributed by atoms with van der Waals surface area (Å²) < 4.78 is 11.9. The monoisotopic (exact) mass is 814 g/mol. The van der Waals surface area contributed by atoms with E-state index in [9.17, 15) is 19.8 Å². The van der Waals surface area contributed by atoms with Crippen LogP contribution in [0.2, 0.25) is 20.1 Å². The number of carbonyl (C=O) groups is 2. The van der Waals surface area contributed by atoms with E-state index in [0.29, 0.717) is 32.9 Å². The lowest BCUT2D eigenvalue weighted by atomic mass is 9.91. The third-order valence-electron chi connectivity index (χ3n) is 9.75. The van der Waals surface area contributed by atoms with Gasteiger partial charge in [-0.3, -0.25) is 9.59 Å². The molecule has 2 amide bonds. The number of halogens is 4. The normalized spacial score (nSPS) is 21.3. The van der Waals surface area contributed by atoms with Crippen LogP contribution in [0, 0.1) is 0 Å². The minimum atomic E-state index is -0.381. The first-order chi connectivity index (χ1) is 26.1. The number of hydrogen-bond acceptors (Lipinski definition) is 6. The van der Waals surface area contributed by atoms with Gasteiger partial charge in [0.25, 0.3) is 0 Å². The van der Waals surface area contributed by atoms with Crippen molar-refractivity contribution < 1.29 is 29.3 Å². The quantitative estimate of drug-likeness (QED) is 0.148. The number of rotatable bonds is 12. The average Bonchev–Trinajstić information content (AvgIpc) is 3.17. The van der Waals surface area contributed by atoms with Gasteiger partial charge in [0.15, 0.2) is 0 Å². The van der Waals surface area contributed by atoms with E-state index >= 15 is 0 Å². The largest absolute Gasteiger partial charge is 0.394 e. The molecular weight excluding hydrogens is 770 g/mol. The molecule has 0 spiro atoms. The maximum Gasteiger partial charge on any atom is 0.249 e. The van der Waals surface area contributed by atoms with Crippen molar-refractivity contribution in [1.82, 2.24) is 9.80 Å². The number of hydrogen-bond donors (Lipinski definition) is 2. The summed E-state index contributed by atoms with van der Waals surface area (Å²) in [4.78, 5) is 29.2. The van der Waals surface area contributed by atoms with Gasteiger partial charge < -0.3 is 29.5 Å². The Morgan fingerprint density at radius 2 is 0.944 bits per heavy atom. The van der Waals surface area contributed by atoms with Crippen molar-refractivity contribution in [2.75, 3.05) is 26.4 Å². The highest BCUT2D eigenvalue weighted by Gasteiger charge is 2.43. The van der Waals surface area contributed by atoms with E-state index in [-0.39, 0.29) is 74.6 Å². The number of morpholine rings is 2. The Kier molecular flexibility index (Phi) is 15.6. The Hall–Kier alpha value is -3.18. The smallest absolute Gasteiger partial charge is 0.249 e. The van der Waals surface area contributed by atoms with Gasteiger partial charge in [0.1, 0.15) is 25.4 Å². The van der Waals surface area contributed by atoms with Gasteiger partial charge in [0.2, 0.25) is 11.8 Å². The molecule has 12 heteroatoms. The van der Waals surface area contributed by atoms with E-state index in [4.69, 9.17) is 55.9 Å². The molecule has 2 N–H and O–H groups in total. The van der Waals surface area contributed by atoms with Crippen LogP contribution in [0.5, 0.6) is 0 Å². The van der Waals surface area contributed by atoms with Crippen molar-refractivity contribution in [1.29, 1.82) is 0 Å². The summed E-state index contributed by atoms with van der Waals surface area (Å²) in [5, 5.41) is 22.4. The zero-order chi connectivity index (χ0) is 38.8. The maximum atomic E-state index is 12.8. The molecule has 288 valence electrons. The van der Waals surface area contributed by atoms with E-state index in [2.05, 4.69) is 0 Å². The highest BCUT2D eigenvalue weighted by molar-refractivity contribution is 6.31. The van der Waals surface area contributed by atoms with Crippen LogP contribution in [-0.4, -0.2) is 70.3 Å². The van der Waals surface area contributed by atoms with Crippen LogP contribution in [0.4, 0.5) is 0 Å². The summed E-state index contributed by atoms with van der Waals surface area (Å²) in [7, 11) is 0. The zero-order valence-corrected chi connectivity index (χ0v) is 33.3. The molecule has 54 heavy (non-hydrogen) atoms. The Bertz CT molecular complexity index is 1700. The predicted molar refractivity (Wildman–Crippen MR) is 214 cm³/mol. The lowest BCUT2D eigenvalue weighted by molar-refractivity contribution is -0.165.